The van der Waals surface area contributed by atoms with Crippen LogP contribution in [0.2, 0.25) is 0 Å². The Morgan fingerprint density at radius 3 is 2.36 bits per heavy atom. The highest BCUT2D eigenvalue weighted by Gasteiger charge is 2.51. The van der Waals surface area contributed by atoms with E-state index in [4.69, 9.17) is 14.3 Å². The van der Waals surface area contributed by atoms with E-state index in [1.165, 1.54) is 5.06 Å². The largest absolute Gasteiger partial charge is 0.465 e. The van der Waals surface area contributed by atoms with E-state index in [0.29, 0.717) is 5.56 Å². The summed E-state index contributed by atoms with van der Waals surface area (Å²) in [4.78, 5) is 30.7. The second kappa shape index (κ2) is 9.13. The highest BCUT2D eigenvalue weighted by molar-refractivity contribution is 5.90. The molecule has 7 nitrogen and oxygen atoms in total. The number of esters is 2. The minimum absolute atomic E-state index is 0.158. The van der Waals surface area contributed by atoms with Gasteiger partial charge in [0, 0.05) is 0 Å². The van der Waals surface area contributed by atoms with Crippen LogP contribution in [-0.2, 0) is 25.7 Å². The molecule has 0 bridgehead atoms. The lowest BCUT2D eigenvalue weighted by Gasteiger charge is -2.23. The van der Waals surface area contributed by atoms with Crippen LogP contribution in [0.15, 0.2) is 60.7 Å². The van der Waals surface area contributed by atoms with Crippen LogP contribution in [0.5, 0.6) is 0 Å². The molecule has 1 fully saturated rings. The van der Waals surface area contributed by atoms with Crippen molar-refractivity contribution in [3.05, 3.63) is 71.8 Å². The Morgan fingerprint density at radius 2 is 1.75 bits per heavy atom. The lowest BCUT2D eigenvalue weighted by molar-refractivity contribution is -0.180. The first-order valence-corrected chi connectivity index (χ1v) is 8.93. The third-order valence-electron chi connectivity index (χ3n) is 4.26. The molecule has 0 saturated carbocycles. The molecule has 0 amide bonds. The third kappa shape index (κ3) is 4.36. The van der Waals surface area contributed by atoms with Gasteiger partial charge in [0.1, 0.15) is 6.07 Å². The Morgan fingerprint density at radius 1 is 1.11 bits per heavy atom. The van der Waals surface area contributed by atoms with E-state index in [1.54, 1.807) is 37.3 Å². The lowest BCUT2D eigenvalue weighted by atomic mass is 10.1. The summed E-state index contributed by atoms with van der Waals surface area (Å²) < 4.78 is 10.7. The van der Waals surface area contributed by atoms with E-state index in [2.05, 4.69) is 0 Å². The number of carbonyl (C=O) groups is 2. The molecule has 3 rings (SSSR count). The molecule has 2 aromatic carbocycles. The predicted molar refractivity (Wildman–Crippen MR) is 98.5 cm³/mol. The van der Waals surface area contributed by atoms with Gasteiger partial charge < -0.3 is 9.47 Å². The predicted octanol–water partition coefficient (Wildman–Crippen LogP) is 2.48. The Balaban J connectivity index is 1.85. The Hall–Kier alpha value is -3.21. The molecule has 1 heterocycles. The number of hydrogen-bond acceptors (Lipinski definition) is 7. The molecule has 0 unspecified atom stereocenters. The maximum atomic E-state index is 12.6. The average molecular weight is 380 g/mol. The number of benzene rings is 2. The van der Waals surface area contributed by atoms with Gasteiger partial charge in [-0.25, -0.2) is 4.79 Å². The first-order valence-electron chi connectivity index (χ1n) is 8.93. The summed E-state index contributed by atoms with van der Waals surface area (Å²) in [7, 11) is 0. The summed E-state index contributed by atoms with van der Waals surface area (Å²) in [5.41, 5.74) is 1.20. The van der Waals surface area contributed by atoms with Gasteiger partial charge >= 0.3 is 11.9 Å². The lowest BCUT2D eigenvalue weighted by Crippen LogP contribution is -2.45. The maximum absolute atomic E-state index is 12.6. The number of ether oxygens (including phenoxy) is 2. The maximum Gasteiger partial charge on any atom is 0.338 e. The van der Waals surface area contributed by atoms with Crippen LogP contribution in [0.1, 0.15) is 22.8 Å². The Kier molecular flexibility index (Phi) is 6.37. The van der Waals surface area contributed by atoms with E-state index in [-0.39, 0.29) is 13.2 Å². The molecule has 7 heteroatoms. The van der Waals surface area contributed by atoms with Gasteiger partial charge in [0.2, 0.25) is 6.10 Å². The van der Waals surface area contributed by atoms with E-state index >= 15 is 0 Å². The molecule has 1 saturated heterocycles. The number of carbonyl (C=O) groups excluding carboxylic acids is 2. The second-order valence-electron chi connectivity index (χ2n) is 6.15. The van der Waals surface area contributed by atoms with Gasteiger partial charge in [0.25, 0.3) is 0 Å². The standard InChI is InChI=1S/C21H20N2O5/c1-2-26-21(25)18-19(27-20(24)16-11-7-4-8-12-16)17(13-22)28-23(18)14-15-9-5-3-6-10-15/h3-12,17-19H,2,14H2,1H3/t17-,18+,19+/m1/s1. The van der Waals surface area contributed by atoms with Crippen molar-refractivity contribution < 1.29 is 23.9 Å². The topological polar surface area (TPSA) is 88.9 Å². The summed E-state index contributed by atoms with van der Waals surface area (Å²) >= 11 is 0. The van der Waals surface area contributed by atoms with Gasteiger partial charge in [-0.3, -0.25) is 9.63 Å². The minimum atomic E-state index is -1.12. The highest BCUT2D eigenvalue weighted by Crippen LogP contribution is 2.28. The van der Waals surface area contributed by atoms with Crippen LogP contribution >= 0.6 is 0 Å². The van der Waals surface area contributed by atoms with Crippen LogP contribution in [0.3, 0.4) is 0 Å². The molecule has 0 radical (unpaired) electrons. The van der Waals surface area contributed by atoms with Gasteiger partial charge in [-0.05, 0) is 24.6 Å². The molecule has 28 heavy (non-hydrogen) atoms. The molecular weight excluding hydrogens is 360 g/mol. The molecular formula is C21H20N2O5. The van der Waals surface area contributed by atoms with E-state index in [0.717, 1.165) is 5.56 Å². The monoisotopic (exact) mass is 380 g/mol. The van der Waals surface area contributed by atoms with Crippen LogP contribution in [-0.4, -0.2) is 41.9 Å². The fourth-order valence-corrected chi connectivity index (χ4v) is 2.97. The SMILES string of the molecule is CCOC(=O)[C@@H]1[C@@H](OC(=O)c2ccccc2)[C@@H](C#N)ON1Cc1ccccc1. The summed E-state index contributed by atoms with van der Waals surface area (Å²) in [6, 6.07) is 18.6. The molecule has 2 aromatic rings. The van der Waals surface area contributed by atoms with Gasteiger partial charge in [-0.15, -0.1) is 0 Å². The van der Waals surface area contributed by atoms with Gasteiger partial charge in [0.15, 0.2) is 12.1 Å². The summed E-state index contributed by atoms with van der Waals surface area (Å²) in [5, 5.41) is 10.8. The van der Waals surface area contributed by atoms with Crippen molar-refractivity contribution in [2.45, 2.75) is 31.7 Å². The van der Waals surface area contributed by atoms with Gasteiger partial charge in [-0.1, -0.05) is 48.5 Å². The number of hydrogen-bond donors (Lipinski definition) is 0. The number of nitriles is 1. The fourth-order valence-electron chi connectivity index (χ4n) is 2.97. The van der Waals surface area contributed by atoms with Crippen molar-refractivity contribution in [2.24, 2.45) is 0 Å². The summed E-state index contributed by atoms with van der Waals surface area (Å²) in [5.74, 6) is -1.24. The molecule has 1 aliphatic heterocycles. The van der Waals surface area contributed by atoms with Gasteiger partial charge in [-0.2, -0.15) is 10.3 Å². The minimum Gasteiger partial charge on any atom is -0.465 e. The number of rotatable bonds is 6. The molecule has 0 spiro atoms. The van der Waals surface area contributed by atoms with Crippen molar-refractivity contribution >= 4 is 11.9 Å². The van der Waals surface area contributed by atoms with E-state index < -0.39 is 30.2 Å². The highest BCUT2D eigenvalue weighted by atomic mass is 16.7. The fraction of sp³-hybridized carbons (Fsp3) is 0.286. The second-order valence-corrected chi connectivity index (χ2v) is 6.15. The smallest absolute Gasteiger partial charge is 0.338 e. The van der Waals surface area contributed by atoms with Crippen LogP contribution in [0.4, 0.5) is 0 Å². The Bertz CT molecular complexity index is 850. The van der Waals surface area contributed by atoms with Crippen molar-refractivity contribution in [2.75, 3.05) is 6.61 Å². The molecule has 0 N–H and O–H groups in total. The van der Waals surface area contributed by atoms with E-state index in [9.17, 15) is 14.9 Å². The molecule has 0 aliphatic carbocycles. The molecule has 3 atom stereocenters. The first kappa shape index (κ1) is 19.5. The summed E-state index contributed by atoms with van der Waals surface area (Å²) in [6.45, 7) is 2.08. The van der Waals surface area contributed by atoms with Crippen LogP contribution in [0, 0.1) is 11.3 Å². The molecule has 1 aliphatic rings. The number of hydroxylamine groups is 2. The first-order chi connectivity index (χ1) is 13.6. The van der Waals surface area contributed by atoms with Crippen LogP contribution in [0.25, 0.3) is 0 Å². The number of nitrogens with zero attached hydrogens (tertiary/aromatic N) is 2. The normalized spacial score (nSPS) is 21.6. The zero-order valence-electron chi connectivity index (χ0n) is 15.4. The Labute approximate surface area is 163 Å². The van der Waals surface area contributed by atoms with E-state index in [1.807, 2.05) is 36.4 Å². The zero-order valence-corrected chi connectivity index (χ0v) is 15.4. The quantitative estimate of drug-likeness (QED) is 0.711. The summed E-state index contributed by atoms with van der Waals surface area (Å²) in [6.07, 6.45) is -2.23. The van der Waals surface area contributed by atoms with Crippen molar-refractivity contribution in [3.8, 4) is 6.07 Å². The molecule has 0 aromatic heterocycles. The zero-order chi connectivity index (χ0) is 19.9. The average Bonchev–Trinajstić information content (AvgIpc) is 3.06. The van der Waals surface area contributed by atoms with Crippen molar-refractivity contribution in [3.63, 3.8) is 0 Å². The molecule has 144 valence electrons. The van der Waals surface area contributed by atoms with Crippen molar-refractivity contribution in [1.82, 2.24) is 5.06 Å². The van der Waals surface area contributed by atoms with Gasteiger partial charge in [0.05, 0.1) is 18.7 Å². The van der Waals surface area contributed by atoms with Crippen molar-refractivity contribution in [1.29, 1.82) is 5.26 Å². The third-order valence-corrected chi connectivity index (χ3v) is 4.26. The van der Waals surface area contributed by atoms with Crippen LogP contribution < -0.4 is 0 Å².